The topological polar surface area (TPSA) is 38.8 Å². The van der Waals surface area contributed by atoms with E-state index in [4.69, 9.17) is 33.3 Å². The molecule has 0 spiro atoms. The number of carbonyl (C=O) groups excluding carboxylic acids is 1. The van der Waals surface area contributed by atoms with Gasteiger partial charge in [-0.25, -0.2) is 0 Å². The Morgan fingerprint density at radius 3 is 2.67 bits per heavy atom. The summed E-state index contributed by atoms with van der Waals surface area (Å²) in [4.78, 5) is 14.2. The molecule has 4 nitrogen and oxygen atoms in total. The number of hydrogen-bond donors (Lipinski definition) is 0. The van der Waals surface area contributed by atoms with Gasteiger partial charge in [-0.2, -0.15) is 0 Å². The number of amides is 1. The molecular weight excluding hydrogens is 402 g/mol. The monoisotopic (exact) mass is 419 g/mol. The second-order valence-electron chi connectivity index (χ2n) is 5.99. The standard InChI is InChI=1S/C20H18ClNO3S2/c1-12-6-4-5-7-14(12)11-25-18-15(21)8-13(9-16(18)24-3)10-17-19(23)22(2)20(26)27-17/h4-10H,11H2,1-3H3. The van der Waals surface area contributed by atoms with E-state index in [0.717, 1.165) is 16.7 Å². The number of carbonyl (C=O) groups is 1. The van der Waals surface area contributed by atoms with Crippen LogP contribution in [-0.2, 0) is 11.4 Å². The van der Waals surface area contributed by atoms with Gasteiger partial charge in [-0.05, 0) is 41.8 Å². The number of hydrogen-bond acceptors (Lipinski definition) is 5. The van der Waals surface area contributed by atoms with Crippen molar-refractivity contribution in [3.63, 3.8) is 0 Å². The molecule has 7 heteroatoms. The highest BCUT2D eigenvalue weighted by Crippen LogP contribution is 2.39. The van der Waals surface area contributed by atoms with Crippen LogP contribution in [0.1, 0.15) is 16.7 Å². The first-order chi connectivity index (χ1) is 12.9. The zero-order chi connectivity index (χ0) is 19.6. The van der Waals surface area contributed by atoms with E-state index in [1.165, 1.54) is 16.7 Å². The van der Waals surface area contributed by atoms with E-state index < -0.39 is 0 Å². The van der Waals surface area contributed by atoms with Crippen molar-refractivity contribution in [3.8, 4) is 11.5 Å². The number of methoxy groups -OCH3 is 1. The highest BCUT2D eigenvalue weighted by molar-refractivity contribution is 8.26. The summed E-state index contributed by atoms with van der Waals surface area (Å²) in [6, 6.07) is 11.5. The molecule has 1 heterocycles. The number of ether oxygens (including phenoxy) is 2. The summed E-state index contributed by atoms with van der Waals surface area (Å²) in [7, 11) is 3.22. The van der Waals surface area contributed by atoms with Gasteiger partial charge in [-0.15, -0.1) is 0 Å². The predicted molar refractivity (Wildman–Crippen MR) is 114 cm³/mol. The summed E-state index contributed by atoms with van der Waals surface area (Å²) >= 11 is 12.9. The van der Waals surface area contributed by atoms with E-state index in [1.54, 1.807) is 32.4 Å². The van der Waals surface area contributed by atoms with Crippen molar-refractivity contribution in [2.75, 3.05) is 14.2 Å². The molecular formula is C20H18ClNO3S2. The van der Waals surface area contributed by atoms with Gasteiger partial charge in [0.25, 0.3) is 5.91 Å². The smallest absolute Gasteiger partial charge is 0.265 e. The molecule has 0 aromatic heterocycles. The van der Waals surface area contributed by atoms with Crippen LogP contribution in [0.25, 0.3) is 6.08 Å². The van der Waals surface area contributed by atoms with Gasteiger partial charge in [-0.1, -0.05) is 59.8 Å². The molecule has 3 rings (SSSR count). The molecule has 0 N–H and O–H groups in total. The number of rotatable bonds is 5. The highest BCUT2D eigenvalue weighted by Gasteiger charge is 2.28. The Bertz CT molecular complexity index is 943. The lowest BCUT2D eigenvalue weighted by Gasteiger charge is -2.14. The Hall–Kier alpha value is -2.02. The van der Waals surface area contributed by atoms with Gasteiger partial charge in [0, 0.05) is 7.05 Å². The minimum atomic E-state index is -0.125. The van der Waals surface area contributed by atoms with E-state index >= 15 is 0 Å². The lowest BCUT2D eigenvalue weighted by molar-refractivity contribution is -0.121. The minimum Gasteiger partial charge on any atom is -0.493 e. The van der Waals surface area contributed by atoms with E-state index in [9.17, 15) is 4.79 Å². The first-order valence-corrected chi connectivity index (χ1v) is 9.77. The quantitative estimate of drug-likeness (QED) is 0.500. The Labute approximate surface area is 173 Å². The van der Waals surface area contributed by atoms with Crippen molar-refractivity contribution in [2.24, 2.45) is 0 Å². The fourth-order valence-corrected chi connectivity index (χ4v) is 4.04. The number of benzene rings is 2. The number of nitrogens with zero attached hydrogens (tertiary/aromatic N) is 1. The summed E-state index contributed by atoms with van der Waals surface area (Å²) < 4.78 is 11.9. The number of aryl methyl sites for hydroxylation is 1. The predicted octanol–water partition coefficient (Wildman–Crippen LogP) is 5.07. The SMILES string of the molecule is COc1cc(C=C2SC(=S)N(C)C2=O)cc(Cl)c1OCc1ccccc1C. The Morgan fingerprint density at radius 2 is 2.04 bits per heavy atom. The number of likely N-dealkylation sites (N-methyl/N-ethyl adjacent to an activating group) is 1. The van der Waals surface area contributed by atoms with Crippen LogP contribution in [0.15, 0.2) is 41.3 Å². The molecule has 2 aromatic rings. The molecule has 0 atom stereocenters. The van der Waals surface area contributed by atoms with Gasteiger partial charge in [0.05, 0.1) is 17.0 Å². The fourth-order valence-electron chi connectivity index (χ4n) is 2.58. The van der Waals surface area contributed by atoms with Gasteiger partial charge in [-0.3, -0.25) is 9.69 Å². The number of thiocarbonyl (C=S) groups is 1. The third kappa shape index (κ3) is 4.29. The van der Waals surface area contributed by atoms with E-state index in [2.05, 4.69) is 0 Å². The van der Waals surface area contributed by atoms with E-state index in [1.807, 2.05) is 31.2 Å². The summed E-state index contributed by atoms with van der Waals surface area (Å²) in [5, 5.41) is 0.418. The molecule has 0 aliphatic carbocycles. The van der Waals surface area contributed by atoms with Gasteiger partial charge in [0.15, 0.2) is 11.5 Å². The second kappa shape index (κ2) is 8.33. The maximum atomic E-state index is 12.2. The van der Waals surface area contributed by atoms with Crippen LogP contribution < -0.4 is 9.47 Å². The maximum absolute atomic E-state index is 12.2. The molecule has 1 aliphatic heterocycles. The molecule has 1 saturated heterocycles. The molecule has 0 bridgehead atoms. The fraction of sp³-hybridized carbons (Fsp3) is 0.200. The third-order valence-electron chi connectivity index (χ3n) is 4.17. The molecule has 0 radical (unpaired) electrons. The average molecular weight is 420 g/mol. The molecule has 0 saturated carbocycles. The zero-order valence-corrected chi connectivity index (χ0v) is 17.5. The third-order valence-corrected chi connectivity index (χ3v) is 5.93. The van der Waals surface area contributed by atoms with E-state index in [-0.39, 0.29) is 5.91 Å². The summed E-state index contributed by atoms with van der Waals surface area (Å²) in [5.74, 6) is 0.858. The minimum absolute atomic E-state index is 0.125. The Morgan fingerprint density at radius 1 is 1.30 bits per heavy atom. The van der Waals surface area contributed by atoms with Crippen molar-refractivity contribution in [3.05, 3.63) is 63.0 Å². The lowest BCUT2D eigenvalue weighted by Crippen LogP contribution is -2.22. The highest BCUT2D eigenvalue weighted by atomic mass is 35.5. The lowest BCUT2D eigenvalue weighted by atomic mass is 10.1. The Kier molecular flexibility index (Phi) is 6.09. The normalized spacial score (nSPS) is 15.6. The van der Waals surface area contributed by atoms with Crippen LogP contribution in [0.4, 0.5) is 0 Å². The van der Waals surface area contributed by atoms with Gasteiger partial charge >= 0.3 is 0 Å². The van der Waals surface area contributed by atoms with Crippen LogP contribution in [0.3, 0.4) is 0 Å². The maximum Gasteiger partial charge on any atom is 0.265 e. The summed E-state index contributed by atoms with van der Waals surface area (Å²) in [6.45, 7) is 2.42. The second-order valence-corrected chi connectivity index (χ2v) is 8.07. The van der Waals surface area contributed by atoms with Crippen LogP contribution in [0.2, 0.25) is 5.02 Å². The van der Waals surface area contributed by atoms with Crippen LogP contribution >= 0.6 is 35.6 Å². The van der Waals surface area contributed by atoms with Gasteiger partial charge in [0.1, 0.15) is 10.9 Å². The van der Waals surface area contributed by atoms with Crippen molar-refractivity contribution in [1.29, 1.82) is 0 Å². The van der Waals surface area contributed by atoms with Crippen molar-refractivity contribution in [2.45, 2.75) is 13.5 Å². The summed E-state index contributed by atoms with van der Waals surface area (Å²) in [6.07, 6.45) is 1.75. The molecule has 1 fully saturated rings. The van der Waals surface area contributed by atoms with Crippen molar-refractivity contribution >= 4 is 51.9 Å². The first-order valence-electron chi connectivity index (χ1n) is 8.17. The molecule has 2 aromatic carbocycles. The molecule has 140 valence electrons. The first kappa shape index (κ1) is 19.7. The van der Waals surface area contributed by atoms with Crippen LogP contribution in [0, 0.1) is 6.92 Å². The molecule has 1 aliphatic rings. The Balaban J connectivity index is 1.87. The molecule has 1 amide bonds. The van der Waals surface area contributed by atoms with Crippen LogP contribution in [0.5, 0.6) is 11.5 Å². The van der Waals surface area contributed by atoms with E-state index in [0.29, 0.717) is 32.4 Å². The largest absolute Gasteiger partial charge is 0.493 e. The van der Waals surface area contributed by atoms with Gasteiger partial charge in [0.2, 0.25) is 0 Å². The van der Waals surface area contributed by atoms with Crippen molar-refractivity contribution < 1.29 is 14.3 Å². The molecule has 27 heavy (non-hydrogen) atoms. The average Bonchev–Trinajstić information content (AvgIpc) is 2.88. The zero-order valence-electron chi connectivity index (χ0n) is 15.1. The van der Waals surface area contributed by atoms with Gasteiger partial charge < -0.3 is 9.47 Å². The van der Waals surface area contributed by atoms with Crippen molar-refractivity contribution in [1.82, 2.24) is 4.90 Å². The molecule has 0 unspecified atom stereocenters. The number of halogens is 1. The number of thioether (sulfide) groups is 1. The van der Waals surface area contributed by atoms with Crippen LogP contribution in [-0.4, -0.2) is 29.3 Å². The summed E-state index contributed by atoms with van der Waals surface area (Å²) in [5.41, 5.74) is 2.96.